The maximum atomic E-state index is 13.2. The highest BCUT2D eigenvalue weighted by Crippen LogP contribution is 2.32. The number of ether oxygens (including phenoxy) is 2. The van der Waals surface area contributed by atoms with Gasteiger partial charge in [-0.2, -0.15) is 0 Å². The standard InChI is InChI=1S/C24H39N3O5/c1-8-12-19(4)31-16-13-18(3)27-20(29)17-24(9-2,14-10-11-15-28)26-21(27)25-22(30)32-23(5,6)7/h8,12,15,18H,1,9-11,13-14,16-17H2,2-7H3,(H,25,26,30)/b19-12+/t18-,24+/m0/s1. The number of nitrogens with one attached hydrogen (secondary N) is 1. The van der Waals surface area contributed by atoms with Gasteiger partial charge in [0.25, 0.3) is 0 Å². The molecule has 1 aliphatic rings. The van der Waals surface area contributed by atoms with Gasteiger partial charge in [0, 0.05) is 18.9 Å². The molecule has 32 heavy (non-hydrogen) atoms. The zero-order valence-electron chi connectivity index (χ0n) is 20.4. The number of carbonyl (C=O) groups excluding carboxylic acids is 3. The number of amides is 2. The first-order valence-electron chi connectivity index (χ1n) is 11.2. The van der Waals surface area contributed by atoms with Crippen molar-refractivity contribution in [3.63, 3.8) is 0 Å². The summed E-state index contributed by atoms with van der Waals surface area (Å²) in [6.07, 6.45) is 6.65. The van der Waals surface area contributed by atoms with Gasteiger partial charge in [-0.15, -0.1) is 0 Å². The van der Waals surface area contributed by atoms with Crippen LogP contribution in [0, 0.1) is 0 Å². The van der Waals surface area contributed by atoms with Gasteiger partial charge in [-0.25, -0.2) is 9.79 Å². The average molecular weight is 450 g/mol. The molecule has 2 amide bonds. The molecular weight excluding hydrogens is 410 g/mol. The summed E-state index contributed by atoms with van der Waals surface area (Å²) >= 11 is 0. The molecule has 0 saturated heterocycles. The van der Waals surface area contributed by atoms with Crippen molar-refractivity contribution in [2.45, 2.75) is 97.2 Å². The van der Waals surface area contributed by atoms with Crippen LogP contribution in [0.2, 0.25) is 0 Å². The summed E-state index contributed by atoms with van der Waals surface area (Å²) in [6, 6.07) is -0.252. The van der Waals surface area contributed by atoms with Crippen molar-refractivity contribution in [1.29, 1.82) is 0 Å². The highest BCUT2D eigenvalue weighted by atomic mass is 16.6. The van der Waals surface area contributed by atoms with E-state index in [1.54, 1.807) is 32.9 Å². The highest BCUT2D eigenvalue weighted by Gasteiger charge is 2.41. The third-order valence-corrected chi connectivity index (χ3v) is 5.21. The van der Waals surface area contributed by atoms with Crippen LogP contribution < -0.4 is 5.32 Å². The van der Waals surface area contributed by atoms with E-state index in [-0.39, 0.29) is 24.3 Å². The number of alkyl carbamates (subject to hydrolysis) is 1. The predicted molar refractivity (Wildman–Crippen MR) is 125 cm³/mol. The molecular formula is C24H39N3O5. The number of guanidine groups is 1. The van der Waals surface area contributed by atoms with E-state index in [1.807, 2.05) is 20.8 Å². The summed E-state index contributed by atoms with van der Waals surface area (Å²) in [5.41, 5.74) is -1.34. The van der Waals surface area contributed by atoms with Crippen molar-refractivity contribution >= 4 is 24.2 Å². The Morgan fingerprint density at radius 3 is 2.66 bits per heavy atom. The van der Waals surface area contributed by atoms with Crippen LogP contribution in [0.5, 0.6) is 0 Å². The van der Waals surface area contributed by atoms with Gasteiger partial charge in [-0.3, -0.25) is 15.0 Å². The lowest BCUT2D eigenvalue weighted by atomic mass is 9.85. The van der Waals surface area contributed by atoms with Gasteiger partial charge in [0.15, 0.2) is 0 Å². The van der Waals surface area contributed by atoms with Crippen molar-refractivity contribution in [1.82, 2.24) is 10.2 Å². The topological polar surface area (TPSA) is 97.3 Å². The van der Waals surface area contributed by atoms with Gasteiger partial charge in [0.05, 0.1) is 24.3 Å². The Hall–Kier alpha value is -2.64. The fraction of sp³-hybridized carbons (Fsp3) is 0.667. The van der Waals surface area contributed by atoms with Gasteiger partial charge < -0.3 is 14.3 Å². The van der Waals surface area contributed by atoms with E-state index in [4.69, 9.17) is 14.5 Å². The quantitative estimate of drug-likeness (QED) is 0.217. The molecule has 1 N–H and O–H groups in total. The van der Waals surface area contributed by atoms with Gasteiger partial charge in [0.1, 0.15) is 11.9 Å². The molecule has 1 rings (SSSR count). The average Bonchev–Trinajstić information content (AvgIpc) is 2.66. The molecule has 0 aliphatic carbocycles. The maximum absolute atomic E-state index is 13.2. The molecule has 0 fully saturated rings. The summed E-state index contributed by atoms with van der Waals surface area (Å²) in [6.45, 7) is 15.1. The SMILES string of the molecule is C=C/C=C(\C)OCC[C@H](C)N1C(=O)C[C@@](CC)(CCCC=O)N=C1NC(=O)OC(C)(C)C. The first-order chi connectivity index (χ1) is 15.0. The molecule has 0 aromatic heterocycles. The van der Waals surface area contributed by atoms with Crippen molar-refractivity contribution in [3.8, 4) is 0 Å². The molecule has 0 spiro atoms. The molecule has 1 heterocycles. The van der Waals surface area contributed by atoms with E-state index >= 15 is 0 Å². The van der Waals surface area contributed by atoms with Crippen LogP contribution in [0.4, 0.5) is 4.79 Å². The Balaban J connectivity index is 3.13. The molecule has 180 valence electrons. The molecule has 0 unspecified atom stereocenters. The molecule has 0 aromatic rings. The molecule has 0 bridgehead atoms. The van der Waals surface area contributed by atoms with Crippen molar-refractivity contribution in [2.75, 3.05) is 6.61 Å². The van der Waals surface area contributed by atoms with E-state index in [9.17, 15) is 14.4 Å². The van der Waals surface area contributed by atoms with Crippen LogP contribution in [-0.2, 0) is 19.1 Å². The second kappa shape index (κ2) is 12.4. The van der Waals surface area contributed by atoms with Crippen LogP contribution in [0.25, 0.3) is 0 Å². The number of allylic oxidation sites excluding steroid dienone is 3. The highest BCUT2D eigenvalue weighted by molar-refractivity contribution is 6.05. The summed E-state index contributed by atoms with van der Waals surface area (Å²) in [5.74, 6) is 0.803. The number of carbonyl (C=O) groups is 3. The minimum atomic E-state index is -0.686. The monoisotopic (exact) mass is 449 g/mol. The van der Waals surface area contributed by atoms with E-state index < -0.39 is 17.2 Å². The molecule has 1 aliphatic heterocycles. The van der Waals surface area contributed by atoms with Crippen molar-refractivity contribution in [2.24, 2.45) is 4.99 Å². The lowest BCUT2D eigenvalue weighted by Gasteiger charge is -2.40. The van der Waals surface area contributed by atoms with Gasteiger partial charge >= 0.3 is 6.09 Å². The van der Waals surface area contributed by atoms with E-state index in [0.29, 0.717) is 38.7 Å². The Labute approximate surface area is 192 Å². The van der Waals surface area contributed by atoms with Crippen molar-refractivity contribution in [3.05, 3.63) is 24.5 Å². The first-order valence-corrected chi connectivity index (χ1v) is 11.2. The van der Waals surface area contributed by atoms with Crippen LogP contribution in [-0.4, -0.2) is 52.9 Å². The van der Waals surface area contributed by atoms with Crippen LogP contribution >= 0.6 is 0 Å². The number of nitrogens with zero attached hydrogens (tertiary/aromatic N) is 2. The second-order valence-corrected chi connectivity index (χ2v) is 9.14. The Morgan fingerprint density at radius 2 is 2.09 bits per heavy atom. The molecule has 2 atom stereocenters. The lowest BCUT2D eigenvalue weighted by Crippen LogP contribution is -2.57. The lowest BCUT2D eigenvalue weighted by molar-refractivity contribution is -0.131. The number of aldehydes is 1. The normalized spacial score (nSPS) is 20.3. The molecule has 0 saturated carbocycles. The third-order valence-electron chi connectivity index (χ3n) is 5.21. The van der Waals surface area contributed by atoms with Gasteiger partial charge in [0.2, 0.25) is 11.9 Å². The Bertz CT molecular complexity index is 738. The molecule has 0 radical (unpaired) electrons. The summed E-state index contributed by atoms with van der Waals surface area (Å²) in [5, 5.41) is 2.69. The largest absolute Gasteiger partial charge is 0.498 e. The van der Waals surface area contributed by atoms with Gasteiger partial charge in [-0.1, -0.05) is 19.6 Å². The predicted octanol–water partition coefficient (Wildman–Crippen LogP) is 4.50. The summed E-state index contributed by atoms with van der Waals surface area (Å²) in [7, 11) is 0. The zero-order valence-corrected chi connectivity index (χ0v) is 20.4. The molecule has 8 heteroatoms. The number of hydrogen-bond acceptors (Lipinski definition) is 6. The number of rotatable bonds is 11. The fourth-order valence-electron chi connectivity index (χ4n) is 3.51. The van der Waals surface area contributed by atoms with Crippen molar-refractivity contribution < 1.29 is 23.9 Å². The third kappa shape index (κ3) is 8.85. The Morgan fingerprint density at radius 1 is 1.41 bits per heavy atom. The first kappa shape index (κ1) is 27.4. The summed E-state index contributed by atoms with van der Waals surface area (Å²) < 4.78 is 11.0. The minimum Gasteiger partial charge on any atom is -0.498 e. The molecule has 0 aromatic carbocycles. The fourth-order valence-corrected chi connectivity index (χ4v) is 3.51. The minimum absolute atomic E-state index is 0.120. The maximum Gasteiger partial charge on any atom is 0.414 e. The number of unbranched alkanes of at least 4 members (excludes halogenated alkanes) is 1. The van der Waals surface area contributed by atoms with Gasteiger partial charge in [-0.05, 0) is 60.0 Å². The van der Waals surface area contributed by atoms with E-state index in [0.717, 1.165) is 12.0 Å². The second-order valence-electron chi connectivity index (χ2n) is 9.14. The zero-order chi connectivity index (χ0) is 24.4. The van der Waals surface area contributed by atoms with Crippen LogP contribution in [0.1, 0.15) is 80.1 Å². The Kier molecular flexibility index (Phi) is 10.6. The molecule has 8 nitrogen and oxygen atoms in total. The van der Waals surface area contributed by atoms with E-state index in [2.05, 4.69) is 11.9 Å². The smallest absolute Gasteiger partial charge is 0.414 e. The van der Waals surface area contributed by atoms with Crippen LogP contribution in [0.3, 0.4) is 0 Å². The summed E-state index contributed by atoms with van der Waals surface area (Å²) in [4.78, 5) is 42.9. The van der Waals surface area contributed by atoms with Crippen LogP contribution in [0.15, 0.2) is 29.5 Å². The number of aliphatic imine (C=N–C) groups is 1. The van der Waals surface area contributed by atoms with E-state index in [1.165, 1.54) is 4.90 Å². The number of hydrogen-bond donors (Lipinski definition) is 1.